The quantitative estimate of drug-likeness (QED) is 0.654. The molecule has 0 fully saturated rings. The Balaban J connectivity index is 2.62. The van der Waals surface area contributed by atoms with Gasteiger partial charge in [-0.05, 0) is 29.5 Å². The fourth-order valence-electron chi connectivity index (χ4n) is 1.88. The van der Waals surface area contributed by atoms with Crippen LogP contribution in [0.4, 0.5) is 5.69 Å². The van der Waals surface area contributed by atoms with Crippen LogP contribution in [0.2, 0.25) is 0 Å². The average molecular weight is 275 g/mol. The lowest BCUT2D eigenvalue weighted by atomic mass is 9.87. The molecule has 0 spiro atoms. The lowest BCUT2D eigenvalue weighted by Crippen LogP contribution is -2.11. The number of hydrogen-bond acceptors (Lipinski definition) is 3. The number of carbonyl (C=O) groups is 1. The summed E-state index contributed by atoms with van der Waals surface area (Å²) in [5.74, 6) is -0.252. The van der Waals surface area contributed by atoms with E-state index in [1.165, 1.54) is 12.7 Å². The standard InChI is InChI=1S/C17H25NO2/c1-6-13(16(19)20-5)11-12-18-15-9-7-14(8-10-15)17(2,3)4/h7-11,18H,6,12H2,1-5H3/b13-11-. The molecule has 1 aromatic carbocycles. The first-order chi connectivity index (χ1) is 9.38. The highest BCUT2D eigenvalue weighted by Gasteiger charge is 2.12. The Hall–Kier alpha value is -1.77. The van der Waals surface area contributed by atoms with Crippen LogP contribution in [0.1, 0.15) is 39.7 Å². The van der Waals surface area contributed by atoms with E-state index in [1.807, 2.05) is 13.0 Å². The Morgan fingerprint density at radius 2 is 1.85 bits per heavy atom. The largest absolute Gasteiger partial charge is 0.466 e. The number of methoxy groups -OCH3 is 1. The highest BCUT2D eigenvalue weighted by atomic mass is 16.5. The lowest BCUT2D eigenvalue weighted by molar-refractivity contribution is -0.136. The molecular formula is C17H25NO2. The lowest BCUT2D eigenvalue weighted by Gasteiger charge is -2.19. The van der Waals surface area contributed by atoms with Crippen LogP contribution >= 0.6 is 0 Å². The number of esters is 1. The molecule has 0 aromatic heterocycles. The predicted octanol–water partition coefficient (Wildman–Crippen LogP) is 3.91. The van der Waals surface area contributed by atoms with Gasteiger partial charge >= 0.3 is 5.97 Å². The molecule has 0 aliphatic carbocycles. The van der Waals surface area contributed by atoms with E-state index in [1.54, 1.807) is 0 Å². The number of hydrogen-bond donors (Lipinski definition) is 1. The summed E-state index contributed by atoms with van der Waals surface area (Å²) in [7, 11) is 1.41. The van der Waals surface area contributed by atoms with Crippen molar-refractivity contribution in [3.8, 4) is 0 Å². The summed E-state index contributed by atoms with van der Waals surface area (Å²) >= 11 is 0. The van der Waals surface area contributed by atoms with E-state index >= 15 is 0 Å². The summed E-state index contributed by atoms with van der Waals surface area (Å²) in [6.45, 7) is 9.15. The van der Waals surface area contributed by atoms with Gasteiger partial charge in [-0.3, -0.25) is 0 Å². The van der Waals surface area contributed by atoms with Gasteiger partial charge in [0.1, 0.15) is 0 Å². The molecule has 0 radical (unpaired) electrons. The zero-order chi connectivity index (χ0) is 15.2. The average Bonchev–Trinajstić information content (AvgIpc) is 2.42. The second-order valence-electron chi connectivity index (χ2n) is 5.78. The van der Waals surface area contributed by atoms with Crippen LogP contribution in [0, 0.1) is 0 Å². The second kappa shape index (κ2) is 7.13. The maximum absolute atomic E-state index is 11.4. The summed E-state index contributed by atoms with van der Waals surface area (Å²) in [6, 6.07) is 8.40. The Kier molecular flexibility index (Phi) is 5.81. The molecule has 110 valence electrons. The first-order valence-electron chi connectivity index (χ1n) is 7.00. The van der Waals surface area contributed by atoms with Crippen LogP contribution in [-0.4, -0.2) is 19.6 Å². The molecule has 1 N–H and O–H groups in total. The summed E-state index contributed by atoms with van der Waals surface area (Å²) in [6.07, 6.45) is 2.56. The Labute approximate surface area is 122 Å². The summed E-state index contributed by atoms with van der Waals surface area (Å²) in [5, 5.41) is 3.28. The molecule has 20 heavy (non-hydrogen) atoms. The molecule has 0 heterocycles. The van der Waals surface area contributed by atoms with E-state index < -0.39 is 0 Å². The number of benzene rings is 1. The highest BCUT2D eigenvalue weighted by molar-refractivity contribution is 5.88. The third kappa shape index (κ3) is 4.72. The Morgan fingerprint density at radius 1 is 1.25 bits per heavy atom. The van der Waals surface area contributed by atoms with Crippen LogP contribution in [0.3, 0.4) is 0 Å². The van der Waals surface area contributed by atoms with Gasteiger partial charge in [0.05, 0.1) is 7.11 Å². The van der Waals surface area contributed by atoms with Gasteiger partial charge in [0.15, 0.2) is 0 Å². The van der Waals surface area contributed by atoms with Crippen molar-refractivity contribution in [2.24, 2.45) is 0 Å². The van der Waals surface area contributed by atoms with Gasteiger partial charge in [0.2, 0.25) is 0 Å². The van der Waals surface area contributed by atoms with Gasteiger partial charge < -0.3 is 10.1 Å². The third-order valence-electron chi connectivity index (χ3n) is 3.23. The van der Waals surface area contributed by atoms with Crippen molar-refractivity contribution in [1.29, 1.82) is 0 Å². The van der Waals surface area contributed by atoms with Crippen molar-refractivity contribution >= 4 is 11.7 Å². The van der Waals surface area contributed by atoms with E-state index in [0.717, 1.165) is 5.69 Å². The van der Waals surface area contributed by atoms with Crippen molar-refractivity contribution in [2.45, 2.75) is 39.5 Å². The molecule has 1 rings (SSSR count). The minimum absolute atomic E-state index is 0.165. The van der Waals surface area contributed by atoms with Gasteiger partial charge in [-0.2, -0.15) is 0 Å². The number of carbonyl (C=O) groups excluding carboxylic acids is 1. The predicted molar refractivity (Wildman–Crippen MR) is 84.0 cm³/mol. The topological polar surface area (TPSA) is 38.3 Å². The van der Waals surface area contributed by atoms with Crippen molar-refractivity contribution in [3.63, 3.8) is 0 Å². The summed E-state index contributed by atoms with van der Waals surface area (Å²) in [4.78, 5) is 11.4. The number of anilines is 1. The van der Waals surface area contributed by atoms with E-state index in [0.29, 0.717) is 18.5 Å². The molecule has 0 atom stereocenters. The van der Waals surface area contributed by atoms with Crippen molar-refractivity contribution < 1.29 is 9.53 Å². The van der Waals surface area contributed by atoms with Crippen molar-refractivity contribution in [3.05, 3.63) is 41.5 Å². The van der Waals surface area contributed by atoms with Crippen LogP contribution in [0.25, 0.3) is 0 Å². The summed E-state index contributed by atoms with van der Waals surface area (Å²) in [5.41, 5.74) is 3.22. The van der Waals surface area contributed by atoms with Crippen molar-refractivity contribution in [1.82, 2.24) is 0 Å². The van der Waals surface area contributed by atoms with Crippen molar-refractivity contribution in [2.75, 3.05) is 19.0 Å². The minimum atomic E-state index is -0.252. The SMILES string of the molecule is CC/C(=C/CNc1ccc(C(C)(C)C)cc1)C(=O)OC. The Bertz CT molecular complexity index is 467. The van der Waals surface area contributed by atoms with Gasteiger partial charge in [-0.25, -0.2) is 4.79 Å². The fraction of sp³-hybridized carbons (Fsp3) is 0.471. The first kappa shape index (κ1) is 16.3. The molecular weight excluding hydrogens is 250 g/mol. The van der Waals surface area contributed by atoms with Crippen LogP contribution in [-0.2, 0) is 14.9 Å². The van der Waals surface area contributed by atoms with E-state index in [-0.39, 0.29) is 11.4 Å². The first-order valence-corrected chi connectivity index (χ1v) is 7.00. The zero-order valence-corrected chi connectivity index (χ0v) is 13.1. The number of nitrogens with one attached hydrogen (secondary N) is 1. The third-order valence-corrected chi connectivity index (χ3v) is 3.23. The summed E-state index contributed by atoms with van der Waals surface area (Å²) < 4.78 is 4.72. The monoisotopic (exact) mass is 275 g/mol. The fourth-order valence-corrected chi connectivity index (χ4v) is 1.88. The highest BCUT2D eigenvalue weighted by Crippen LogP contribution is 2.23. The smallest absolute Gasteiger partial charge is 0.333 e. The maximum atomic E-state index is 11.4. The van der Waals surface area contributed by atoms with Crippen LogP contribution in [0.5, 0.6) is 0 Å². The molecule has 1 aromatic rings. The number of rotatable bonds is 5. The van der Waals surface area contributed by atoms with E-state index in [2.05, 4.69) is 50.4 Å². The molecule has 3 heteroatoms. The van der Waals surface area contributed by atoms with Crippen LogP contribution < -0.4 is 5.32 Å². The molecule has 0 amide bonds. The van der Waals surface area contributed by atoms with Gasteiger partial charge in [0.25, 0.3) is 0 Å². The zero-order valence-electron chi connectivity index (χ0n) is 13.1. The normalized spacial score (nSPS) is 12.2. The molecule has 0 aliphatic heterocycles. The molecule has 0 saturated carbocycles. The van der Waals surface area contributed by atoms with Gasteiger partial charge in [0, 0.05) is 17.8 Å². The molecule has 0 saturated heterocycles. The Morgan fingerprint density at radius 3 is 2.30 bits per heavy atom. The van der Waals surface area contributed by atoms with E-state index in [4.69, 9.17) is 4.74 Å². The van der Waals surface area contributed by atoms with E-state index in [9.17, 15) is 4.79 Å². The molecule has 0 bridgehead atoms. The second-order valence-corrected chi connectivity index (χ2v) is 5.78. The molecule has 3 nitrogen and oxygen atoms in total. The minimum Gasteiger partial charge on any atom is -0.466 e. The van der Waals surface area contributed by atoms with Gasteiger partial charge in [-0.1, -0.05) is 45.9 Å². The maximum Gasteiger partial charge on any atom is 0.333 e. The molecule has 0 unspecified atom stereocenters. The van der Waals surface area contributed by atoms with Gasteiger partial charge in [-0.15, -0.1) is 0 Å². The number of ether oxygens (including phenoxy) is 1. The van der Waals surface area contributed by atoms with Crippen LogP contribution in [0.15, 0.2) is 35.9 Å². The molecule has 0 aliphatic rings.